The predicted octanol–water partition coefficient (Wildman–Crippen LogP) is 1.15. The summed E-state index contributed by atoms with van der Waals surface area (Å²) >= 11 is 0. The van der Waals surface area contributed by atoms with Crippen molar-refractivity contribution in [3.8, 4) is 0 Å². The highest BCUT2D eigenvalue weighted by Crippen LogP contribution is 2.34. The maximum absolute atomic E-state index is 11.6. The Labute approximate surface area is 144 Å². The lowest BCUT2D eigenvalue weighted by molar-refractivity contribution is -0.192. The van der Waals surface area contributed by atoms with Gasteiger partial charge in [-0.3, -0.25) is 9.69 Å². The Morgan fingerprint density at radius 3 is 2.32 bits per heavy atom. The number of methoxy groups -OCH3 is 1. The highest BCUT2D eigenvalue weighted by atomic mass is 19.4. The minimum absolute atomic E-state index is 0.0869. The number of hydrogen-bond acceptors (Lipinski definition) is 6. The van der Waals surface area contributed by atoms with Gasteiger partial charge in [0.05, 0.1) is 19.3 Å². The van der Waals surface area contributed by atoms with Gasteiger partial charge in [-0.15, -0.1) is 0 Å². The molecule has 0 amide bonds. The number of carboxylic acid groups (broad SMARTS) is 1. The minimum Gasteiger partial charge on any atom is -0.475 e. The summed E-state index contributed by atoms with van der Waals surface area (Å²) in [7, 11) is 1.44. The first kappa shape index (κ1) is 21.7. The van der Waals surface area contributed by atoms with Gasteiger partial charge in [-0.25, -0.2) is 4.79 Å². The maximum Gasteiger partial charge on any atom is 0.490 e. The molecule has 1 atom stereocenters. The summed E-state index contributed by atoms with van der Waals surface area (Å²) in [5, 5.41) is 7.12. The molecule has 0 radical (unpaired) electrons. The standard InChI is InChI=1S/C13H24N2O3.C2HF3O2/c1-10(12(16)17-2)15-7-8-18-13(9-15)5-3-11(14)4-6-13;3-2(4,5)1(6)7/h10-11H,3-9,14H2,1-2H3;(H,6,7). The van der Waals surface area contributed by atoms with Crippen molar-refractivity contribution >= 4 is 11.9 Å². The van der Waals surface area contributed by atoms with Crippen LogP contribution in [0.1, 0.15) is 32.6 Å². The lowest BCUT2D eigenvalue weighted by atomic mass is 9.81. The second-order valence-electron chi connectivity index (χ2n) is 6.34. The van der Waals surface area contributed by atoms with E-state index in [9.17, 15) is 18.0 Å². The summed E-state index contributed by atoms with van der Waals surface area (Å²) in [5.41, 5.74) is 5.86. The van der Waals surface area contributed by atoms with Crippen LogP contribution in [0.4, 0.5) is 13.2 Å². The van der Waals surface area contributed by atoms with Crippen LogP contribution in [0.3, 0.4) is 0 Å². The molecular weight excluding hydrogens is 345 g/mol. The zero-order chi connectivity index (χ0) is 19.3. The molecular formula is C15H25F3N2O5. The van der Waals surface area contributed by atoms with E-state index in [0.717, 1.165) is 38.8 Å². The fourth-order valence-electron chi connectivity index (χ4n) is 2.99. The van der Waals surface area contributed by atoms with E-state index >= 15 is 0 Å². The minimum atomic E-state index is -5.08. The van der Waals surface area contributed by atoms with Crippen molar-refractivity contribution in [3.63, 3.8) is 0 Å². The van der Waals surface area contributed by atoms with Crippen LogP contribution in [0, 0.1) is 0 Å². The molecule has 7 nitrogen and oxygen atoms in total. The van der Waals surface area contributed by atoms with Crippen LogP contribution < -0.4 is 5.73 Å². The molecule has 1 heterocycles. The van der Waals surface area contributed by atoms with Crippen molar-refractivity contribution in [1.82, 2.24) is 4.90 Å². The Hall–Kier alpha value is -1.39. The molecule has 146 valence electrons. The first-order valence-corrected chi connectivity index (χ1v) is 8.02. The molecule has 1 saturated heterocycles. The van der Waals surface area contributed by atoms with Gasteiger partial charge in [-0.05, 0) is 32.6 Å². The van der Waals surface area contributed by atoms with Crippen LogP contribution in [-0.4, -0.2) is 72.6 Å². The van der Waals surface area contributed by atoms with Crippen molar-refractivity contribution in [3.05, 3.63) is 0 Å². The van der Waals surface area contributed by atoms with Gasteiger partial charge in [-0.1, -0.05) is 0 Å². The second-order valence-corrected chi connectivity index (χ2v) is 6.34. The Bertz CT molecular complexity index is 465. The smallest absolute Gasteiger partial charge is 0.475 e. The number of carbonyl (C=O) groups is 2. The largest absolute Gasteiger partial charge is 0.490 e. The molecule has 2 aliphatic rings. The predicted molar refractivity (Wildman–Crippen MR) is 81.9 cm³/mol. The molecule has 0 aromatic heterocycles. The Morgan fingerprint density at radius 2 is 1.88 bits per heavy atom. The lowest BCUT2D eigenvalue weighted by Crippen LogP contribution is -2.57. The van der Waals surface area contributed by atoms with Gasteiger partial charge in [0, 0.05) is 19.1 Å². The maximum atomic E-state index is 11.6. The number of ether oxygens (including phenoxy) is 2. The van der Waals surface area contributed by atoms with E-state index < -0.39 is 12.1 Å². The molecule has 1 unspecified atom stereocenters. The number of rotatable bonds is 2. The fourth-order valence-corrected chi connectivity index (χ4v) is 2.99. The lowest BCUT2D eigenvalue weighted by Gasteiger charge is -2.47. The van der Waals surface area contributed by atoms with E-state index in [1.54, 1.807) is 0 Å². The van der Waals surface area contributed by atoms with Crippen LogP contribution >= 0.6 is 0 Å². The molecule has 0 aromatic rings. The second kappa shape index (κ2) is 8.81. The van der Waals surface area contributed by atoms with E-state index in [1.807, 2.05) is 6.92 Å². The van der Waals surface area contributed by atoms with Crippen LogP contribution in [-0.2, 0) is 19.1 Å². The number of alkyl halides is 3. The quantitative estimate of drug-likeness (QED) is 0.703. The molecule has 1 saturated carbocycles. The van der Waals surface area contributed by atoms with E-state index in [2.05, 4.69) is 4.90 Å². The summed E-state index contributed by atoms with van der Waals surface area (Å²) in [5.74, 6) is -2.92. The van der Waals surface area contributed by atoms with Crippen molar-refractivity contribution < 1.29 is 37.3 Å². The Morgan fingerprint density at radius 1 is 1.36 bits per heavy atom. The average molecular weight is 370 g/mol. The van der Waals surface area contributed by atoms with E-state index in [0.29, 0.717) is 12.6 Å². The topological polar surface area (TPSA) is 102 Å². The summed E-state index contributed by atoms with van der Waals surface area (Å²) in [6.45, 7) is 4.20. The van der Waals surface area contributed by atoms with E-state index in [-0.39, 0.29) is 17.6 Å². The number of hydrogen-bond donors (Lipinski definition) is 2. The van der Waals surface area contributed by atoms with Gasteiger partial charge >= 0.3 is 18.1 Å². The number of aliphatic carboxylic acids is 1. The molecule has 1 aliphatic carbocycles. The zero-order valence-corrected chi connectivity index (χ0v) is 14.3. The first-order valence-electron chi connectivity index (χ1n) is 8.02. The zero-order valence-electron chi connectivity index (χ0n) is 14.3. The van der Waals surface area contributed by atoms with Crippen LogP contribution in [0.5, 0.6) is 0 Å². The normalized spacial score (nSPS) is 28.6. The number of carbonyl (C=O) groups excluding carboxylic acids is 1. The van der Waals surface area contributed by atoms with Gasteiger partial charge < -0.3 is 20.3 Å². The summed E-state index contributed by atoms with van der Waals surface area (Å²) in [4.78, 5) is 22.7. The summed E-state index contributed by atoms with van der Waals surface area (Å²) in [6, 6.07) is 0.124. The van der Waals surface area contributed by atoms with Crippen LogP contribution in [0.25, 0.3) is 0 Å². The SMILES string of the molecule is COC(=O)C(C)N1CCOC2(CCC(N)CC2)C1.O=C(O)C(F)(F)F. The molecule has 0 bridgehead atoms. The Kier molecular flexibility index (Phi) is 7.63. The third-order valence-corrected chi connectivity index (χ3v) is 4.55. The van der Waals surface area contributed by atoms with Crippen LogP contribution in [0.15, 0.2) is 0 Å². The molecule has 0 aromatic carbocycles. The van der Waals surface area contributed by atoms with Gasteiger partial charge in [0.2, 0.25) is 0 Å². The molecule has 25 heavy (non-hydrogen) atoms. The number of carboxylic acids is 1. The number of halogens is 3. The third-order valence-electron chi connectivity index (χ3n) is 4.55. The molecule has 10 heteroatoms. The van der Waals surface area contributed by atoms with Crippen molar-refractivity contribution in [2.45, 2.75) is 56.5 Å². The van der Waals surface area contributed by atoms with E-state index in [4.69, 9.17) is 25.1 Å². The van der Waals surface area contributed by atoms with E-state index in [1.165, 1.54) is 7.11 Å². The van der Waals surface area contributed by atoms with Crippen molar-refractivity contribution in [1.29, 1.82) is 0 Å². The first-order chi connectivity index (χ1) is 11.5. The van der Waals surface area contributed by atoms with Gasteiger partial charge in [-0.2, -0.15) is 13.2 Å². The fraction of sp³-hybridized carbons (Fsp3) is 0.867. The van der Waals surface area contributed by atoms with Gasteiger partial charge in [0.1, 0.15) is 6.04 Å². The third kappa shape index (κ3) is 6.44. The molecule has 1 spiro atoms. The monoisotopic (exact) mass is 370 g/mol. The van der Waals surface area contributed by atoms with Crippen molar-refractivity contribution in [2.24, 2.45) is 5.73 Å². The molecule has 2 rings (SSSR count). The van der Waals surface area contributed by atoms with Gasteiger partial charge in [0.15, 0.2) is 0 Å². The number of esters is 1. The van der Waals surface area contributed by atoms with Crippen LogP contribution in [0.2, 0.25) is 0 Å². The molecule has 1 aliphatic heterocycles. The highest BCUT2D eigenvalue weighted by molar-refractivity contribution is 5.75. The number of morpholine rings is 1. The number of nitrogens with two attached hydrogens (primary N) is 1. The summed E-state index contributed by atoms with van der Waals surface area (Å²) < 4.78 is 42.6. The van der Waals surface area contributed by atoms with Crippen molar-refractivity contribution in [2.75, 3.05) is 26.8 Å². The Balaban J connectivity index is 0.000000381. The van der Waals surface area contributed by atoms with Gasteiger partial charge in [0.25, 0.3) is 0 Å². The molecule has 2 fully saturated rings. The number of nitrogens with zero attached hydrogens (tertiary/aromatic N) is 1. The average Bonchev–Trinajstić information content (AvgIpc) is 2.56. The molecule has 3 N–H and O–H groups in total. The highest BCUT2D eigenvalue weighted by Gasteiger charge is 2.41. The summed E-state index contributed by atoms with van der Waals surface area (Å²) in [6.07, 6.45) is -1.06.